The van der Waals surface area contributed by atoms with E-state index >= 15 is 0 Å². The van der Waals surface area contributed by atoms with Crippen molar-refractivity contribution in [1.82, 2.24) is 4.90 Å². The van der Waals surface area contributed by atoms with Gasteiger partial charge in [-0.3, -0.25) is 4.79 Å². The number of hydrogen-bond acceptors (Lipinski definition) is 2. The maximum atomic E-state index is 11.6. The van der Waals surface area contributed by atoms with E-state index < -0.39 is 12.0 Å². The molecule has 80 valence electrons. The molecule has 0 spiro atoms. The predicted octanol–water partition coefficient (Wildman–Crippen LogP) is 1.25. The van der Waals surface area contributed by atoms with Crippen LogP contribution in [0.3, 0.4) is 0 Å². The van der Waals surface area contributed by atoms with E-state index in [9.17, 15) is 9.59 Å². The van der Waals surface area contributed by atoms with Crippen molar-refractivity contribution in [3.63, 3.8) is 0 Å². The fourth-order valence-electron chi connectivity index (χ4n) is 1.79. The minimum absolute atomic E-state index is 0.00301. The zero-order valence-electron chi connectivity index (χ0n) is 8.53. The summed E-state index contributed by atoms with van der Waals surface area (Å²) in [5.74, 6) is -0.871. The molecule has 1 aliphatic heterocycles. The maximum absolute atomic E-state index is 11.6. The molecule has 0 saturated carbocycles. The summed E-state index contributed by atoms with van der Waals surface area (Å²) in [7, 11) is 0. The van der Waals surface area contributed by atoms with Crippen molar-refractivity contribution in [1.29, 1.82) is 0 Å². The molecule has 1 atom stereocenters. The Balaban J connectivity index is 2.49. The third-order valence-electron chi connectivity index (χ3n) is 2.60. The molecule has 0 aromatic heterocycles. The van der Waals surface area contributed by atoms with Gasteiger partial charge in [0, 0.05) is 13.0 Å². The van der Waals surface area contributed by atoms with Crippen molar-refractivity contribution in [2.75, 3.05) is 6.54 Å². The number of carbonyl (C=O) groups excluding carboxylic acids is 1. The topological polar surface area (TPSA) is 57.6 Å². The van der Waals surface area contributed by atoms with E-state index in [4.69, 9.17) is 5.11 Å². The number of rotatable bonds is 4. The van der Waals surface area contributed by atoms with Gasteiger partial charge in [0.15, 0.2) is 0 Å². The number of unbranched alkanes of at least 4 members (excludes halogenated alkanes) is 1. The highest BCUT2D eigenvalue weighted by molar-refractivity contribution is 5.84. The van der Waals surface area contributed by atoms with Crippen LogP contribution in [-0.4, -0.2) is 34.5 Å². The number of carboxylic acid groups (broad SMARTS) is 1. The number of aliphatic carboxylic acids is 1. The van der Waals surface area contributed by atoms with Crippen molar-refractivity contribution < 1.29 is 14.7 Å². The molecule has 0 radical (unpaired) electrons. The number of likely N-dealkylation sites (tertiary alicyclic amines) is 1. The molecule has 4 nitrogen and oxygen atoms in total. The minimum atomic E-state index is -0.868. The first-order valence-electron chi connectivity index (χ1n) is 5.19. The third-order valence-corrected chi connectivity index (χ3v) is 2.60. The van der Waals surface area contributed by atoms with Crippen LogP contribution < -0.4 is 0 Å². The Labute approximate surface area is 83.9 Å². The van der Waals surface area contributed by atoms with E-state index in [2.05, 4.69) is 0 Å². The number of carboxylic acids is 1. The number of hydrogen-bond donors (Lipinski definition) is 1. The summed E-state index contributed by atoms with van der Waals surface area (Å²) in [6.07, 6.45) is 3.72. The molecule has 0 unspecified atom stereocenters. The summed E-state index contributed by atoms with van der Waals surface area (Å²) in [6.45, 7) is 2.63. The third kappa shape index (κ3) is 2.47. The van der Waals surface area contributed by atoms with Crippen LogP contribution in [0.15, 0.2) is 0 Å². The van der Waals surface area contributed by atoms with Crippen LogP contribution in [0.2, 0.25) is 0 Å². The van der Waals surface area contributed by atoms with Crippen LogP contribution >= 0.6 is 0 Å². The maximum Gasteiger partial charge on any atom is 0.326 e. The zero-order valence-corrected chi connectivity index (χ0v) is 8.53. The first kappa shape index (κ1) is 11.0. The highest BCUT2D eigenvalue weighted by Gasteiger charge is 2.33. The number of amides is 1. The molecule has 0 aliphatic carbocycles. The van der Waals surface area contributed by atoms with E-state index in [0.29, 0.717) is 19.4 Å². The van der Waals surface area contributed by atoms with Crippen LogP contribution in [-0.2, 0) is 9.59 Å². The fourth-order valence-corrected chi connectivity index (χ4v) is 1.79. The second-order valence-electron chi connectivity index (χ2n) is 3.69. The van der Waals surface area contributed by atoms with E-state index in [1.165, 1.54) is 4.90 Å². The van der Waals surface area contributed by atoms with Crippen LogP contribution in [0.1, 0.15) is 39.0 Å². The van der Waals surface area contributed by atoms with Gasteiger partial charge in [-0.15, -0.1) is 0 Å². The van der Waals surface area contributed by atoms with Gasteiger partial charge in [-0.1, -0.05) is 13.3 Å². The van der Waals surface area contributed by atoms with Gasteiger partial charge in [-0.2, -0.15) is 0 Å². The molecule has 4 heteroatoms. The van der Waals surface area contributed by atoms with Gasteiger partial charge in [0.05, 0.1) is 0 Å². The van der Waals surface area contributed by atoms with Crippen molar-refractivity contribution in [2.45, 2.75) is 45.1 Å². The molecule has 0 bridgehead atoms. The summed E-state index contributed by atoms with van der Waals surface area (Å²) in [5, 5.41) is 8.86. The molecule has 1 rings (SSSR count). The second-order valence-corrected chi connectivity index (χ2v) is 3.69. The van der Waals surface area contributed by atoms with E-state index in [-0.39, 0.29) is 5.91 Å². The van der Waals surface area contributed by atoms with E-state index in [1.54, 1.807) is 0 Å². The van der Waals surface area contributed by atoms with Crippen molar-refractivity contribution >= 4 is 11.9 Å². The van der Waals surface area contributed by atoms with Crippen LogP contribution in [0.4, 0.5) is 0 Å². The zero-order chi connectivity index (χ0) is 10.6. The number of carbonyl (C=O) groups is 2. The standard InChI is InChI=1S/C10H17NO3/c1-2-3-6-9(12)11-7-4-5-8(11)10(13)14/h8H,2-7H2,1H3,(H,13,14)/t8-/m0/s1. The Kier molecular flexibility index (Phi) is 3.92. The molecular formula is C10H17NO3. The molecule has 0 aromatic rings. The molecule has 1 amide bonds. The molecule has 1 heterocycles. The number of nitrogens with zero attached hydrogens (tertiary/aromatic N) is 1. The lowest BCUT2D eigenvalue weighted by Crippen LogP contribution is -2.40. The molecule has 1 aliphatic rings. The Morgan fingerprint density at radius 3 is 2.79 bits per heavy atom. The summed E-state index contributed by atoms with van der Waals surface area (Å²) < 4.78 is 0. The Morgan fingerprint density at radius 1 is 1.50 bits per heavy atom. The molecule has 1 N–H and O–H groups in total. The summed E-state index contributed by atoms with van der Waals surface area (Å²) >= 11 is 0. The van der Waals surface area contributed by atoms with Crippen molar-refractivity contribution in [3.05, 3.63) is 0 Å². The molecular weight excluding hydrogens is 182 g/mol. The fraction of sp³-hybridized carbons (Fsp3) is 0.800. The largest absolute Gasteiger partial charge is 0.480 e. The molecule has 14 heavy (non-hydrogen) atoms. The van der Waals surface area contributed by atoms with Crippen molar-refractivity contribution in [2.24, 2.45) is 0 Å². The molecule has 0 aromatic carbocycles. The van der Waals surface area contributed by atoms with E-state index in [0.717, 1.165) is 19.3 Å². The minimum Gasteiger partial charge on any atom is -0.480 e. The van der Waals surface area contributed by atoms with Gasteiger partial charge in [0.25, 0.3) is 0 Å². The first-order valence-corrected chi connectivity index (χ1v) is 5.19. The highest BCUT2D eigenvalue weighted by atomic mass is 16.4. The van der Waals surface area contributed by atoms with E-state index in [1.807, 2.05) is 6.92 Å². The van der Waals surface area contributed by atoms with Gasteiger partial charge in [0.2, 0.25) is 5.91 Å². The highest BCUT2D eigenvalue weighted by Crippen LogP contribution is 2.18. The Morgan fingerprint density at radius 2 is 2.21 bits per heavy atom. The monoisotopic (exact) mass is 199 g/mol. The van der Waals surface area contributed by atoms with Gasteiger partial charge in [-0.05, 0) is 19.3 Å². The first-order chi connectivity index (χ1) is 6.66. The smallest absolute Gasteiger partial charge is 0.326 e. The van der Waals surface area contributed by atoms with Gasteiger partial charge >= 0.3 is 5.97 Å². The molecule has 1 fully saturated rings. The second kappa shape index (κ2) is 4.98. The average Bonchev–Trinajstić information content (AvgIpc) is 2.62. The van der Waals surface area contributed by atoms with Crippen LogP contribution in [0.5, 0.6) is 0 Å². The quantitative estimate of drug-likeness (QED) is 0.741. The normalized spacial score (nSPS) is 21.2. The average molecular weight is 199 g/mol. The van der Waals surface area contributed by atoms with Crippen LogP contribution in [0.25, 0.3) is 0 Å². The van der Waals surface area contributed by atoms with Crippen LogP contribution in [0, 0.1) is 0 Å². The SMILES string of the molecule is CCCCC(=O)N1CCC[C@H]1C(=O)O. The van der Waals surface area contributed by atoms with Gasteiger partial charge < -0.3 is 10.0 Å². The predicted molar refractivity (Wildman–Crippen MR) is 51.9 cm³/mol. The van der Waals surface area contributed by atoms with Gasteiger partial charge in [0.1, 0.15) is 6.04 Å². The van der Waals surface area contributed by atoms with Gasteiger partial charge in [-0.25, -0.2) is 4.79 Å². The molecule has 1 saturated heterocycles. The Hall–Kier alpha value is -1.06. The Bertz CT molecular complexity index is 227. The summed E-state index contributed by atoms with van der Waals surface area (Å²) in [4.78, 5) is 23.9. The van der Waals surface area contributed by atoms with Crippen molar-refractivity contribution in [3.8, 4) is 0 Å². The lowest BCUT2D eigenvalue weighted by molar-refractivity contribution is -0.148. The summed E-state index contributed by atoms with van der Waals surface area (Å²) in [5.41, 5.74) is 0. The summed E-state index contributed by atoms with van der Waals surface area (Å²) in [6, 6.07) is -0.570. The lowest BCUT2D eigenvalue weighted by Gasteiger charge is -2.21. The lowest BCUT2D eigenvalue weighted by atomic mass is 10.2.